The van der Waals surface area contributed by atoms with Gasteiger partial charge in [-0.3, -0.25) is 0 Å². The molecular weight excluding hydrogens is 496 g/mol. The fourth-order valence-corrected chi connectivity index (χ4v) is 5.25. The molecule has 0 aromatic heterocycles. The summed E-state index contributed by atoms with van der Waals surface area (Å²) in [7, 11) is 0. The Balaban J connectivity index is 1.85. The maximum Gasteiger partial charge on any atom is 0.0184 e. The summed E-state index contributed by atoms with van der Waals surface area (Å²) in [6, 6.07) is 26.9. The van der Waals surface area contributed by atoms with Crippen LogP contribution in [0.15, 0.2) is 81.7 Å². The Bertz CT molecular complexity index is 1110. The van der Waals surface area contributed by atoms with E-state index in [9.17, 15) is 0 Å². The van der Waals surface area contributed by atoms with E-state index >= 15 is 0 Å². The minimum atomic E-state index is 1.11. The van der Waals surface area contributed by atoms with Gasteiger partial charge in [-0.2, -0.15) is 0 Å². The first-order chi connectivity index (χ1) is 14.3. The van der Waals surface area contributed by atoms with Crippen LogP contribution in [-0.2, 0) is 0 Å². The first-order valence-electron chi connectivity index (χ1n) is 10.1. The molecule has 0 heterocycles. The predicted molar refractivity (Wildman–Crippen MR) is 137 cm³/mol. The highest BCUT2D eigenvalue weighted by Crippen LogP contribution is 2.34. The van der Waals surface area contributed by atoms with Crippen LogP contribution >= 0.6 is 31.9 Å². The molecule has 0 aliphatic rings. The van der Waals surface area contributed by atoms with Gasteiger partial charge in [-0.1, -0.05) is 68.3 Å². The standard InChI is InChI=1S/C28H24Br2/c1-17-5-21(13-23(7-17)25-9-19(3)11-27(29)15-25)22-6-18(2)8-24(14-22)26-10-20(4)12-28(30)16-26/h5-16H,1-4H3. The minimum absolute atomic E-state index is 1.11. The lowest BCUT2D eigenvalue weighted by atomic mass is 9.92. The van der Waals surface area contributed by atoms with Crippen LogP contribution in [0.25, 0.3) is 33.4 Å². The van der Waals surface area contributed by atoms with Crippen LogP contribution < -0.4 is 0 Å². The third-order valence-corrected chi connectivity index (χ3v) is 6.15. The Kier molecular flexibility index (Phi) is 5.99. The summed E-state index contributed by atoms with van der Waals surface area (Å²) in [5.74, 6) is 0. The van der Waals surface area contributed by atoms with Crippen LogP contribution in [0, 0.1) is 27.7 Å². The Labute approximate surface area is 196 Å². The van der Waals surface area contributed by atoms with Crippen LogP contribution in [0.2, 0.25) is 0 Å². The van der Waals surface area contributed by atoms with Crippen LogP contribution in [0.5, 0.6) is 0 Å². The highest BCUT2D eigenvalue weighted by Gasteiger charge is 2.09. The van der Waals surface area contributed by atoms with Gasteiger partial charge in [0.25, 0.3) is 0 Å². The van der Waals surface area contributed by atoms with Gasteiger partial charge in [-0.05, 0) is 120 Å². The summed E-state index contributed by atoms with van der Waals surface area (Å²) >= 11 is 7.29. The van der Waals surface area contributed by atoms with Crippen molar-refractivity contribution >= 4 is 31.9 Å². The lowest BCUT2D eigenvalue weighted by Gasteiger charge is -2.13. The van der Waals surface area contributed by atoms with Crippen molar-refractivity contribution in [2.45, 2.75) is 27.7 Å². The Hall–Kier alpha value is -2.16. The normalized spacial score (nSPS) is 11.0. The van der Waals surface area contributed by atoms with Gasteiger partial charge < -0.3 is 0 Å². The van der Waals surface area contributed by atoms with E-state index in [1.165, 1.54) is 55.6 Å². The SMILES string of the molecule is Cc1cc(Br)cc(-c2cc(C)cc(-c3cc(C)cc(-c4cc(C)cc(Br)c4)c3)c2)c1. The second kappa shape index (κ2) is 8.53. The molecule has 0 aliphatic heterocycles. The lowest BCUT2D eigenvalue weighted by molar-refractivity contribution is 1.41. The quantitative estimate of drug-likeness (QED) is 0.253. The molecule has 4 aromatic rings. The van der Waals surface area contributed by atoms with Gasteiger partial charge in [-0.15, -0.1) is 0 Å². The van der Waals surface area contributed by atoms with Crippen molar-refractivity contribution in [2.24, 2.45) is 0 Å². The Morgan fingerprint density at radius 3 is 0.833 bits per heavy atom. The van der Waals surface area contributed by atoms with Crippen LogP contribution in [0.1, 0.15) is 22.3 Å². The molecule has 0 atom stereocenters. The molecule has 0 saturated carbocycles. The largest absolute Gasteiger partial charge is 0.0514 e. The summed E-state index contributed by atoms with van der Waals surface area (Å²) < 4.78 is 2.23. The first-order valence-corrected chi connectivity index (χ1v) is 11.6. The van der Waals surface area contributed by atoms with Crippen molar-refractivity contribution in [3.8, 4) is 33.4 Å². The summed E-state index contributed by atoms with van der Waals surface area (Å²) in [6.07, 6.45) is 0. The fourth-order valence-electron chi connectivity index (χ4n) is 4.04. The molecule has 0 saturated heterocycles. The summed E-state index contributed by atoms with van der Waals surface area (Å²) in [6.45, 7) is 8.62. The number of hydrogen-bond donors (Lipinski definition) is 0. The number of aryl methyl sites for hydroxylation is 4. The van der Waals surface area contributed by atoms with Gasteiger partial charge in [-0.25, -0.2) is 0 Å². The molecular formula is C28H24Br2. The van der Waals surface area contributed by atoms with Crippen molar-refractivity contribution in [3.05, 3.63) is 104 Å². The topological polar surface area (TPSA) is 0 Å². The Morgan fingerprint density at radius 2 is 0.567 bits per heavy atom. The van der Waals surface area contributed by atoms with Gasteiger partial charge in [0.15, 0.2) is 0 Å². The monoisotopic (exact) mass is 518 g/mol. The molecule has 0 radical (unpaired) electrons. The van der Waals surface area contributed by atoms with Crippen LogP contribution in [0.3, 0.4) is 0 Å². The van der Waals surface area contributed by atoms with Crippen molar-refractivity contribution in [2.75, 3.05) is 0 Å². The molecule has 0 nitrogen and oxygen atoms in total. The molecule has 0 spiro atoms. The van der Waals surface area contributed by atoms with E-state index in [-0.39, 0.29) is 0 Å². The van der Waals surface area contributed by atoms with E-state index in [1.54, 1.807) is 0 Å². The molecule has 0 aliphatic carbocycles. The van der Waals surface area contributed by atoms with Crippen molar-refractivity contribution in [3.63, 3.8) is 0 Å². The molecule has 0 unspecified atom stereocenters. The molecule has 0 fully saturated rings. The summed E-state index contributed by atoms with van der Waals surface area (Å²) in [4.78, 5) is 0. The van der Waals surface area contributed by atoms with Gasteiger partial charge in [0, 0.05) is 8.95 Å². The lowest BCUT2D eigenvalue weighted by Crippen LogP contribution is -1.89. The molecule has 0 N–H and O–H groups in total. The third kappa shape index (κ3) is 4.77. The molecule has 4 aromatic carbocycles. The number of hydrogen-bond acceptors (Lipinski definition) is 0. The number of rotatable bonds is 3. The van der Waals surface area contributed by atoms with Crippen LogP contribution in [0.4, 0.5) is 0 Å². The molecule has 150 valence electrons. The van der Waals surface area contributed by atoms with E-state index in [4.69, 9.17) is 0 Å². The van der Waals surface area contributed by atoms with E-state index in [0.29, 0.717) is 0 Å². The predicted octanol–water partition coefficient (Wildman–Crippen LogP) is 9.45. The van der Waals surface area contributed by atoms with Crippen molar-refractivity contribution in [1.29, 1.82) is 0 Å². The molecule has 30 heavy (non-hydrogen) atoms. The number of halogens is 2. The second-order valence-corrected chi connectivity index (χ2v) is 10.0. The molecule has 0 amide bonds. The maximum absolute atomic E-state index is 3.64. The third-order valence-electron chi connectivity index (χ3n) is 5.24. The fraction of sp³-hybridized carbons (Fsp3) is 0.143. The average molecular weight is 520 g/mol. The van der Waals surface area contributed by atoms with E-state index in [2.05, 4.69) is 132 Å². The summed E-state index contributed by atoms with van der Waals surface area (Å²) in [5, 5.41) is 0. The Morgan fingerprint density at radius 1 is 0.333 bits per heavy atom. The van der Waals surface area contributed by atoms with E-state index in [0.717, 1.165) is 8.95 Å². The van der Waals surface area contributed by atoms with Crippen LogP contribution in [-0.4, -0.2) is 0 Å². The van der Waals surface area contributed by atoms with E-state index in [1.807, 2.05) is 0 Å². The van der Waals surface area contributed by atoms with Gasteiger partial charge in [0.2, 0.25) is 0 Å². The zero-order chi connectivity index (χ0) is 21.4. The number of benzene rings is 4. The first kappa shape index (κ1) is 21.1. The smallest absolute Gasteiger partial charge is 0.0184 e. The average Bonchev–Trinajstić information content (AvgIpc) is 2.65. The minimum Gasteiger partial charge on any atom is -0.0514 e. The van der Waals surface area contributed by atoms with Crippen molar-refractivity contribution < 1.29 is 0 Å². The zero-order valence-corrected chi connectivity index (χ0v) is 20.9. The van der Waals surface area contributed by atoms with Gasteiger partial charge in [0.1, 0.15) is 0 Å². The van der Waals surface area contributed by atoms with E-state index < -0.39 is 0 Å². The highest BCUT2D eigenvalue weighted by molar-refractivity contribution is 9.10. The highest BCUT2D eigenvalue weighted by atomic mass is 79.9. The maximum atomic E-state index is 3.64. The van der Waals surface area contributed by atoms with Gasteiger partial charge in [0.05, 0.1) is 0 Å². The zero-order valence-electron chi connectivity index (χ0n) is 17.7. The van der Waals surface area contributed by atoms with Gasteiger partial charge >= 0.3 is 0 Å². The van der Waals surface area contributed by atoms with Crippen molar-refractivity contribution in [1.82, 2.24) is 0 Å². The molecule has 4 rings (SSSR count). The second-order valence-electron chi connectivity index (χ2n) is 8.21. The molecule has 0 bridgehead atoms. The summed E-state index contributed by atoms with van der Waals surface area (Å²) in [5.41, 5.74) is 12.5. The molecule has 2 heteroatoms.